The van der Waals surface area contributed by atoms with Gasteiger partial charge in [0.25, 0.3) is 0 Å². The van der Waals surface area contributed by atoms with Gasteiger partial charge in [0, 0.05) is 0 Å². The number of hydrogen-bond donors (Lipinski definition) is 2. The maximum absolute atomic E-state index is 5.52. The fraction of sp³-hybridized carbons (Fsp3) is 0.667. The molecular formula is C6H13ClN4O. The Kier molecular flexibility index (Phi) is 4.80. The molecule has 1 rings (SSSR count). The summed E-state index contributed by atoms with van der Waals surface area (Å²) in [5, 5.41) is 6.58. The van der Waals surface area contributed by atoms with Crippen LogP contribution in [0.2, 0.25) is 0 Å². The zero-order valence-electron chi connectivity index (χ0n) is 7.07. The van der Waals surface area contributed by atoms with Crippen LogP contribution in [0.1, 0.15) is 24.7 Å². The number of aromatic nitrogens is 2. The largest absolute Gasteiger partial charge is 0.338 e. The molecule has 6 heteroatoms. The second kappa shape index (κ2) is 5.08. The third-order valence-corrected chi connectivity index (χ3v) is 1.22. The van der Waals surface area contributed by atoms with Crippen LogP contribution in [-0.2, 0) is 6.54 Å². The Balaban J connectivity index is 0.00000121. The van der Waals surface area contributed by atoms with Crippen molar-refractivity contribution in [2.45, 2.75) is 19.5 Å². The van der Waals surface area contributed by atoms with Gasteiger partial charge in [-0.2, -0.15) is 4.98 Å². The predicted molar refractivity (Wildman–Crippen MR) is 46.9 cm³/mol. The Hall–Kier alpha value is -0.650. The highest BCUT2D eigenvalue weighted by Crippen LogP contribution is 2.03. The van der Waals surface area contributed by atoms with E-state index in [9.17, 15) is 0 Å². The van der Waals surface area contributed by atoms with E-state index in [0.29, 0.717) is 18.3 Å². The topological polar surface area (TPSA) is 77.0 Å². The highest BCUT2D eigenvalue weighted by atomic mass is 35.5. The molecule has 0 radical (unpaired) electrons. The Morgan fingerprint density at radius 3 is 2.75 bits per heavy atom. The fourth-order valence-electron chi connectivity index (χ4n) is 0.676. The van der Waals surface area contributed by atoms with Gasteiger partial charge in [0.05, 0.1) is 12.6 Å². The molecular weight excluding hydrogens is 180 g/mol. The molecule has 1 unspecified atom stereocenters. The first-order chi connectivity index (χ1) is 5.24. The Morgan fingerprint density at radius 1 is 1.67 bits per heavy atom. The van der Waals surface area contributed by atoms with Crippen molar-refractivity contribution in [3.8, 4) is 0 Å². The van der Waals surface area contributed by atoms with Gasteiger partial charge in [-0.05, 0) is 14.0 Å². The third-order valence-electron chi connectivity index (χ3n) is 1.22. The molecule has 0 amide bonds. The summed E-state index contributed by atoms with van der Waals surface area (Å²) < 4.78 is 4.86. The minimum Gasteiger partial charge on any atom is -0.338 e. The van der Waals surface area contributed by atoms with Gasteiger partial charge in [0.15, 0.2) is 5.82 Å². The van der Waals surface area contributed by atoms with Crippen LogP contribution in [0.15, 0.2) is 4.52 Å². The number of hydrogen-bond acceptors (Lipinski definition) is 5. The average Bonchev–Trinajstić information content (AvgIpc) is 2.37. The summed E-state index contributed by atoms with van der Waals surface area (Å²) in [7, 11) is 1.82. The Labute approximate surface area is 77.1 Å². The molecule has 1 aromatic rings. The lowest BCUT2D eigenvalue weighted by atomic mass is 10.3. The third kappa shape index (κ3) is 2.77. The van der Waals surface area contributed by atoms with Crippen molar-refractivity contribution in [3.05, 3.63) is 11.7 Å². The van der Waals surface area contributed by atoms with Crippen LogP contribution in [0.3, 0.4) is 0 Å². The summed E-state index contributed by atoms with van der Waals surface area (Å²) in [6.07, 6.45) is 0. The molecule has 0 saturated heterocycles. The molecule has 0 aromatic carbocycles. The average molecular weight is 193 g/mol. The Morgan fingerprint density at radius 2 is 2.33 bits per heavy atom. The zero-order valence-corrected chi connectivity index (χ0v) is 7.89. The summed E-state index contributed by atoms with van der Waals surface area (Å²) in [4.78, 5) is 4.03. The molecule has 1 aromatic heterocycles. The molecule has 1 atom stereocenters. The Bertz CT molecular complexity index is 225. The molecule has 0 aliphatic rings. The van der Waals surface area contributed by atoms with Crippen LogP contribution in [0.5, 0.6) is 0 Å². The van der Waals surface area contributed by atoms with Gasteiger partial charge in [-0.3, -0.25) is 0 Å². The standard InChI is InChI=1S/C6H12N4O.ClH/c1-4(7)6-9-5(3-8-2)11-10-6;/h4,8H,3,7H2,1-2H3;1H. The van der Waals surface area contributed by atoms with E-state index >= 15 is 0 Å². The molecule has 1 heterocycles. The van der Waals surface area contributed by atoms with E-state index in [2.05, 4.69) is 15.5 Å². The highest BCUT2D eigenvalue weighted by molar-refractivity contribution is 5.85. The van der Waals surface area contributed by atoms with Crippen molar-refractivity contribution in [1.82, 2.24) is 15.5 Å². The molecule has 5 nitrogen and oxygen atoms in total. The van der Waals surface area contributed by atoms with Crippen LogP contribution < -0.4 is 11.1 Å². The lowest BCUT2D eigenvalue weighted by Crippen LogP contribution is -2.08. The minimum absolute atomic E-state index is 0. The molecule has 0 aliphatic heterocycles. The molecule has 0 spiro atoms. The van der Waals surface area contributed by atoms with Crippen LogP contribution >= 0.6 is 12.4 Å². The molecule has 0 aliphatic carbocycles. The molecule has 12 heavy (non-hydrogen) atoms. The first kappa shape index (κ1) is 11.4. The van der Waals surface area contributed by atoms with Gasteiger partial charge >= 0.3 is 0 Å². The van der Waals surface area contributed by atoms with Crippen molar-refractivity contribution >= 4 is 12.4 Å². The zero-order chi connectivity index (χ0) is 8.27. The highest BCUT2D eigenvalue weighted by Gasteiger charge is 2.07. The van der Waals surface area contributed by atoms with Crippen LogP contribution in [0.25, 0.3) is 0 Å². The molecule has 70 valence electrons. The first-order valence-corrected chi connectivity index (χ1v) is 3.46. The fourth-order valence-corrected chi connectivity index (χ4v) is 0.676. The maximum Gasteiger partial charge on any atom is 0.240 e. The number of rotatable bonds is 3. The smallest absolute Gasteiger partial charge is 0.240 e. The molecule has 0 bridgehead atoms. The second-order valence-corrected chi connectivity index (χ2v) is 2.37. The van der Waals surface area contributed by atoms with Crippen molar-refractivity contribution in [3.63, 3.8) is 0 Å². The minimum atomic E-state index is -0.163. The van der Waals surface area contributed by atoms with Crippen molar-refractivity contribution in [2.75, 3.05) is 7.05 Å². The molecule has 3 N–H and O–H groups in total. The number of nitrogens with two attached hydrogens (primary N) is 1. The molecule has 0 saturated carbocycles. The maximum atomic E-state index is 5.52. The quantitative estimate of drug-likeness (QED) is 0.717. The van der Waals surface area contributed by atoms with Gasteiger partial charge in [-0.15, -0.1) is 12.4 Å². The van der Waals surface area contributed by atoms with Gasteiger partial charge in [-0.25, -0.2) is 0 Å². The number of halogens is 1. The summed E-state index contributed by atoms with van der Waals surface area (Å²) in [6.45, 7) is 2.40. The van der Waals surface area contributed by atoms with E-state index in [1.54, 1.807) is 0 Å². The predicted octanol–water partition coefficient (Wildman–Crippen LogP) is 0.231. The SMILES string of the molecule is CNCc1nc(C(C)N)no1.Cl. The normalized spacial score (nSPS) is 12.2. The van der Waals surface area contributed by atoms with E-state index in [1.807, 2.05) is 14.0 Å². The van der Waals surface area contributed by atoms with Crippen LogP contribution in [0, 0.1) is 0 Å². The van der Waals surface area contributed by atoms with Gasteiger partial charge in [0.2, 0.25) is 5.89 Å². The summed E-state index contributed by atoms with van der Waals surface area (Å²) in [5.74, 6) is 1.12. The van der Waals surface area contributed by atoms with Gasteiger partial charge in [0.1, 0.15) is 0 Å². The van der Waals surface area contributed by atoms with Gasteiger partial charge in [-0.1, -0.05) is 5.16 Å². The van der Waals surface area contributed by atoms with E-state index in [0.717, 1.165) is 0 Å². The molecule has 0 fully saturated rings. The number of nitrogens with one attached hydrogen (secondary N) is 1. The van der Waals surface area contributed by atoms with Crippen molar-refractivity contribution < 1.29 is 4.52 Å². The monoisotopic (exact) mass is 192 g/mol. The van der Waals surface area contributed by atoms with E-state index < -0.39 is 0 Å². The summed E-state index contributed by atoms with van der Waals surface area (Å²) in [5.41, 5.74) is 5.52. The van der Waals surface area contributed by atoms with E-state index in [4.69, 9.17) is 10.3 Å². The lowest BCUT2D eigenvalue weighted by Gasteiger charge is -1.92. The second-order valence-electron chi connectivity index (χ2n) is 2.37. The van der Waals surface area contributed by atoms with Crippen LogP contribution in [-0.4, -0.2) is 17.2 Å². The summed E-state index contributed by atoms with van der Waals surface area (Å²) >= 11 is 0. The lowest BCUT2D eigenvalue weighted by molar-refractivity contribution is 0.365. The summed E-state index contributed by atoms with van der Waals surface area (Å²) in [6, 6.07) is -0.163. The number of nitrogens with zero attached hydrogens (tertiary/aromatic N) is 2. The first-order valence-electron chi connectivity index (χ1n) is 3.46. The van der Waals surface area contributed by atoms with Crippen molar-refractivity contribution in [1.29, 1.82) is 0 Å². The van der Waals surface area contributed by atoms with Crippen LogP contribution in [0.4, 0.5) is 0 Å². The van der Waals surface area contributed by atoms with E-state index in [-0.39, 0.29) is 18.4 Å². The van der Waals surface area contributed by atoms with Gasteiger partial charge < -0.3 is 15.6 Å². The van der Waals surface area contributed by atoms with E-state index in [1.165, 1.54) is 0 Å². The van der Waals surface area contributed by atoms with Crippen molar-refractivity contribution in [2.24, 2.45) is 5.73 Å².